The van der Waals surface area contributed by atoms with E-state index in [-0.39, 0.29) is 17.2 Å². The molecule has 3 aromatic rings. The molecule has 0 fully saturated rings. The van der Waals surface area contributed by atoms with Crippen LogP contribution in [0.5, 0.6) is 0 Å². The third-order valence-electron chi connectivity index (χ3n) is 3.20. The van der Waals surface area contributed by atoms with E-state index in [0.717, 1.165) is 20.9 Å². The average Bonchev–Trinajstić information content (AvgIpc) is 3.05. The number of thiazole rings is 1. The topological polar surface area (TPSA) is 76.9 Å². The monoisotopic (exact) mass is 326 g/mol. The van der Waals surface area contributed by atoms with Crippen molar-refractivity contribution in [2.24, 2.45) is 7.05 Å². The van der Waals surface area contributed by atoms with Gasteiger partial charge in [0.25, 0.3) is 11.5 Å². The second-order valence-corrected chi connectivity index (χ2v) is 5.73. The predicted molar refractivity (Wildman–Crippen MR) is 88.2 cm³/mol. The van der Waals surface area contributed by atoms with Crippen LogP contribution in [0.3, 0.4) is 0 Å². The summed E-state index contributed by atoms with van der Waals surface area (Å²) in [6.45, 7) is 0.312. The molecule has 0 saturated carbocycles. The highest BCUT2D eigenvalue weighted by molar-refractivity contribution is 7.13. The van der Waals surface area contributed by atoms with Gasteiger partial charge in [0.15, 0.2) is 0 Å². The van der Waals surface area contributed by atoms with E-state index in [1.54, 1.807) is 0 Å². The lowest BCUT2D eigenvalue weighted by molar-refractivity contribution is 0.0943. The zero-order chi connectivity index (χ0) is 16.2. The summed E-state index contributed by atoms with van der Waals surface area (Å²) in [7, 11) is 1.51. The minimum Gasteiger partial charge on any atom is -0.345 e. The Bertz CT molecular complexity index is 886. The molecule has 0 unspecified atom stereocenters. The van der Waals surface area contributed by atoms with Gasteiger partial charge in [0, 0.05) is 24.1 Å². The van der Waals surface area contributed by atoms with E-state index in [1.165, 1.54) is 30.5 Å². The van der Waals surface area contributed by atoms with Gasteiger partial charge in [-0.2, -0.15) is 5.10 Å². The highest BCUT2D eigenvalue weighted by Crippen LogP contribution is 2.23. The molecule has 7 heteroatoms. The maximum atomic E-state index is 12.0. The lowest BCUT2D eigenvalue weighted by Gasteiger charge is -2.03. The third kappa shape index (κ3) is 3.51. The Labute approximate surface area is 136 Å². The normalized spacial score (nSPS) is 10.5. The molecule has 0 atom stereocenters. The number of rotatable bonds is 4. The number of nitrogens with one attached hydrogen (secondary N) is 1. The Morgan fingerprint density at radius 1 is 1.22 bits per heavy atom. The Kier molecular flexibility index (Phi) is 4.29. The molecule has 0 aliphatic rings. The van der Waals surface area contributed by atoms with E-state index in [4.69, 9.17) is 0 Å². The first-order chi connectivity index (χ1) is 11.1. The lowest BCUT2D eigenvalue weighted by atomic mass is 10.2. The quantitative estimate of drug-likeness (QED) is 0.793. The number of carbonyl (C=O) groups is 1. The minimum absolute atomic E-state index is 0.200. The van der Waals surface area contributed by atoms with Crippen molar-refractivity contribution in [1.82, 2.24) is 20.1 Å². The van der Waals surface area contributed by atoms with Crippen molar-refractivity contribution in [2.75, 3.05) is 0 Å². The standard InChI is InChI=1S/C16H14N4O2S/c1-20-14(21)8-7-13(19-20)15(22)17-9-12-10-23-16(18-12)11-5-3-2-4-6-11/h2-8,10H,9H2,1H3,(H,17,22). The number of benzene rings is 1. The molecule has 6 nitrogen and oxygen atoms in total. The van der Waals surface area contributed by atoms with Crippen molar-refractivity contribution in [2.45, 2.75) is 6.54 Å². The van der Waals surface area contributed by atoms with Crippen LogP contribution in [0.15, 0.2) is 52.6 Å². The smallest absolute Gasteiger partial charge is 0.272 e. The van der Waals surface area contributed by atoms with Crippen molar-refractivity contribution in [3.63, 3.8) is 0 Å². The highest BCUT2D eigenvalue weighted by atomic mass is 32.1. The van der Waals surface area contributed by atoms with Gasteiger partial charge in [0.2, 0.25) is 0 Å². The second-order valence-electron chi connectivity index (χ2n) is 4.87. The highest BCUT2D eigenvalue weighted by Gasteiger charge is 2.10. The maximum absolute atomic E-state index is 12.0. The molecule has 0 radical (unpaired) electrons. The van der Waals surface area contributed by atoms with Gasteiger partial charge in [0.05, 0.1) is 12.2 Å². The van der Waals surface area contributed by atoms with Gasteiger partial charge in [-0.1, -0.05) is 30.3 Å². The van der Waals surface area contributed by atoms with Crippen molar-refractivity contribution >= 4 is 17.2 Å². The van der Waals surface area contributed by atoms with Crippen molar-refractivity contribution in [1.29, 1.82) is 0 Å². The van der Waals surface area contributed by atoms with E-state index < -0.39 is 0 Å². The van der Waals surface area contributed by atoms with Gasteiger partial charge < -0.3 is 5.32 Å². The molecule has 1 aromatic carbocycles. The molecular formula is C16H14N4O2S. The molecular weight excluding hydrogens is 312 g/mol. The molecule has 2 heterocycles. The molecule has 0 bridgehead atoms. The number of nitrogens with zero attached hydrogens (tertiary/aromatic N) is 3. The van der Waals surface area contributed by atoms with Crippen LogP contribution < -0.4 is 10.9 Å². The molecule has 0 saturated heterocycles. The van der Waals surface area contributed by atoms with Crippen molar-refractivity contribution in [3.05, 3.63) is 69.6 Å². The summed E-state index contributed by atoms with van der Waals surface area (Å²) in [5.74, 6) is -0.338. The molecule has 3 rings (SSSR count). The first-order valence-electron chi connectivity index (χ1n) is 6.96. The van der Waals surface area contributed by atoms with Crippen LogP contribution in [-0.4, -0.2) is 20.7 Å². The summed E-state index contributed by atoms with van der Waals surface area (Å²) in [4.78, 5) is 27.8. The predicted octanol–water partition coefficient (Wildman–Crippen LogP) is 1.83. The fourth-order valence-corrected chi connectivity index (χ4v) is 2.81. The summed E-state index contributed by atoms with van der Waals surface area (Å²) >= 11 is 1.53. The summed E-state index contributed by atoms with van der Waals surface area (Å²) < 4.78 is 1.13. The third-order valence-corrected chi connectivity index (χ3v) is 4.14. The fraction of sp³-hybridized carbons (Fsp3) is 0.125. The van der Waals surface area contributed by atoms with Crippen LogP contribution in [0.4, 0.5) is 0 Å². The Balaban J connectivity index is 1.66. The Hall–Kier alpha value is -2.80. The summed E-state index contributed by atoms with van der Waals surface area (Å²) in [6, 6.07) is 12.6. The SMILES string of the molecule is Cn1nc(C(=O)NCc2csc(-c3ccccc3)n2)ccc1=O. The molecule has 1 amide bonds. The summed E-state index contributed by atoms with van der Waals surface area (Å²) in [5.41, 5.74) is 1.78. The molecule has 0 spiro atoms. The van der Waals surface area contributed by atoms with E-state index in [9.17, 15) is 9.59 Å². The number of carbonyl (C=O) groups excluding carboxylic acids is 1. The van der Waals surface area contributed by atoms with Crippen LogP contribution in [0.1, 0.15) is 16.2 Å². The first kappa shape index (κ1) is 15.1. The first-order valence-corrected chi connectivity index (χ1v) is 7.84. The van der Waals surface area contributed by atoms with E-state index in [1.807, 2.05) is 35.7 Å². The van der Waals surface area contributed by atoms with Gasteiger partial charge >= 0.3 is 0 Å². The number of aryl methyl sites for hydroxylation is 1. The van der Waals surface area contributed by atoms with E-state index in [2.05, 4.69) is 15.4 Å². The number of hydrogen-bond donors (Lipinski definition) is 1. The van der Waals surface area contributed by atoms with Crippen molar-refractivity contribution in [3.8, 4) is 10.6 Å². The number of hydrogen-bond acceptors (Lipinski definition) is 5. The molecule has 116 valence electrons. The zero-order valence-corrected chi connectivity index (χ0v) is 13.2. The van der Waals surface area contributed by atoms with Crippen LogP contribution in [0.2, 0.25) is 0 Å². The molecule has 0 aliphatic carbocycles. The van der Waals surface area contributed by atoms with Crippen LogP contribution >= 0.6 is 11.3 Å². The zero-order valence-electron chi connectivity index (χ0n) is 12.4. The fourth-order valence-electron chi connectivity index (χ4n) is 1.99. The summed E-state index contributed by atoms with van der Waals surface area (Å²) in [5, 5.41) is 9.49. The average molecular weight is 326 g/mol. The van der Waals surface area contributed by atoms with Crippen LogP contribution in [0, 0.1) is 0 Å². The van der Waals surface area contributed by atoms with E-state index >= 15 is 0 Å². The van der Waals surface area contributed by atoms with Crippen LogP contribution in [-0.2, 0) is 13.6 Å². The summed E-state index contributed by atoms with van der Waals surface area (Å²) in [6.07, 6.45) is 0. The lowest BCUT2D eigenvalue weighted by Crippen LogP contribution is -2.28. The number of aromatic nitrogens is 3. The van der Waals surface area contributed by atoms with Crippen LogP contribution in [0.25, 0.3) is 10.6 Å². The molecule has 0 aliphatic heterocycles. The Morgan fingerprint density at radius 3 is 2.74 bits per heavy atom. The van der Waals surface area contributed by atoms with Gasteiger partial charge in [-0.25, -0.2) is 9.67 Å². The van der Waals surface area contributed by atoms with Gasteiger partial charge in [0.1, 0.15) is 10.7 Å². The molecule has 23 heavy (non-hydrogen) atoms. The minimum atomic E-state index is -0.338. The molecule has 2 aromatic heterocycles. The maximum Gasteiger partial charge on any atom is 0.272 e. The van der Waals surface area contributed by atoms with Gasteiger partial charge in [-0.3, -0.25) is 9.59 Å². The van der Waals surface area contributed by atoms with E-state index in [0.29, 0.717) is 6.54 Å². The second kappa shape index (κ2) is 6.53. The van der Waals surface area contributed by atoms with Crippen molar-refractivity contribution < 1.29 is 4.79 Å². The molecule has 1 N–H and O–H groups in total. The Morgan fingerprint density at radius 2 is 2.00 bits per heavy atom. The largest absolute Gasteiger partial charge is 0.345 e. The van der Waals surface area contributed by atoms with Gasteiger partial charge in [-0.15, -0.1) is 11.3 Å². The van der Waals surface area contributed by atoms with Gasteiger partial charge in [-0.05, 0) is 6.07 Å². The number of amides is 1.